The molecule has 2 heterocycles. The minimum absolute atomic E-state index is 0.115. The lowest BCUT2D eigenvalue weighted by Gasteiger charge is -2.38. The number of hydrogen-bond donors (Lipinski definition) is 4. The number of benzene rings is 3. The Kier molecular flexibility index (Phi) is 7.88. The molecule has 3 aromatic rings. The highest BCUT2D eigenvalue weighted by Crippen LogP contribution is 2.72. The predicted octanol–water partition coefficient (Wildman–Crippen LogP) is 7.14. The molecule has 1 aliphatic carbocycles. The van der Waals surface area contributed by atoms with Crippen molar-refractivity contribution >= 4 is 23.3 Å². The molecule has 8 heteroatoms. The van der Waals surface area contributed by atoms with E-state index in [2.05, 4.69) is 55.6 Å². The zero-order valence-corrected chi connectivity index (χ0v) is 27.3. The summed E-state index contributed by atoms with van der Waals surface area (Å²) in [6.45, 7) is 12.8. The van der Waals surface area contributed by atoms with Crippen molar-refractivity contribution in [2.45, 2.75) is 83.7 Å². The fourth-order valence-electron chi connectivity index (χ4n) is 7.93. The third-order valence-corrected chi connectivity index (χ3v) is 10.1. The Bertz CT molecular complexity index is 1790. The molecule has 0 bridgehead atoms. The molecular weight excluding hydrogens is 581 g/mol. The van der Waals surface area contributed by atoms with Crippen LogP contribution in [0.25, 0.3) is 0 Å². The van der Waals surface area contributed by atoms with Crippen molar-refractivity contribution in [3.8, 4) is 17.7 Å². The molecule has 1 saturated heterocycles. The molecule has 4 N–H and O–H groups in total. The summed E-state index contributed by atoms with van der Waals surface area (Å²) < 4.78 is 22.2. The summed E-state index contributed by atoms with van der Waals surface area (Å²) in [4.78, 5) is 26.2. The molecule has 6 rings (SSSR count). The number of carboxylic acid groups (broad SMARTS) is 1. The second-order valence-electron chi connectivity index (χ2n) is 14.1. The number of anilines is 2. The minimum Gasteiger partial charge on any atom is -0.491 e. The van der Waals surface area contributed by atoms with E-state index in [4.69, 9.17) is 4.74 Å². The van der Waals surface area contributed by atoms with Crippen LogP contribution >= 0.6 is 0 Å². The largest absolute Gasteiger partial charge is 0.491 e. The fourth-order valence-corrected chi connectivity index (χ4v) is 7.93. The lowest BCUT2D eigenvalue weighted by Crippen LogP contribution is -2.52. The average Bonchev–Trinajstić information content (AvgIpc) is 3.58. The van der Waals surface area contributed by atoms with Crippen LogP contribution in [0.4, 0.5) is 15.8 Å². The van der Waals surface area contributed by atoms with E-state index >= 15 is 4.39 Å². The first-order valence-corrected chi connectivity index (χ1v) is 16.1. The molecule has 7 nitrogen and oxygen atoms in total. The minimum atomic E-state index is -1.10. The van der Waals surface area contributed by atoms with Gasteiger partial charge in [-0.2, -0.15) is 0 Å². The van der Waals surface area contributed by atoms with Crippen LogP contribution < -0.4 is 20.7 Å². The molecule has 46 heavy (non-hydrogen) atoms. The van der Waals surface area contributed by atoms with Crippen LogP contribution in [0.15, 0.2) is 54.6 Å². The number of rotatable bonds is 7. The van der Waals surface area contributed by atoms with E-state index in [1.165, 1.54) is 12.1 Å². The van der Waals surface area contributed by atoms with E-state index < -0.39 is 28.9 Å². The van der Waals surface area contributed by atoms with Gasteiger partial charge in [0.15, 0.2) is 0 Å². The SMILES string of the molecule is CCCCOc1cc(C(=O)O)ccc1NC#C[C@@H]1NC2(CC2C(C)(C)C)[C@@]2(C(=O)Nc3cc(C)ccc32)[C@H]1c1cccc(C)c1F. The first-order valence-electron chi connectivity index (χ1n) is 16.1. The molecule has 0 radical (unpaired) electrons. The van der Waals surface area contributed by atoms with Crippen LogP contribution in [0.3, 0.4) is 0 Å². The molecule has 2 spiro atoms. The van der Waals surface area contributed by atoms with E-state index in [-0.39, 0.29) is 28.6 Å². The van der Waals surface area contributed by atoms with Crippen LogP contribution in [0.5, 0.6) is 5.75 Å². The van der Waals surface area contributed by atoms with Crippen molar-refractivity contribution in [1.29, 1.82) is 0 Å². The van der Waals surface area contributed by atoms with Crippen LogP contribution in [-0.4, -0.2) is 35.2 Å². The molecule has 2 unspecified atom stereocenters. The molecule has 3 aliphatic rings. The molecular formula is C38H42FN3O4. The summed E-state index contributed by atoms with van der Waals surface area (Å²) >= 11 is 0. The zero-order valence-electron chi connectivity index (χ0n) is 27.3. The van der Waals surface area contributed by atoms with Gasteiger partial charge in [-0.1, -0.05) is 70.4 Å². The summed E-state index contributed by atoms with van der Waals surface area (Å²) in [5.74, 6) is 1.73. The van der Waals surface area contributed by atoms with E-state index in [1.807, 2.05) is 31.2 Å². The maximum Gasteiger partial charge on any atom is 0.335 e. The van der Waals surface area contributed by atoms with Gasteiger partial charge in [0.2, 0.25) is 5.91 Å². The predicted molar refractivity (Wildman–Crippen MR) is 178 cm³/mol. The fraction of sp³-hybridized carbons (Fsp3) is 0.421. The number of aromatic carboxylic acids is 1. The summed E-state index contributed by atoms with van der Waals surface area (Å²) in [7, 11) is 0. The molecule has 1 saturated carbocycles. The van der Waals surface area contributed by atoms with Gasteiger partial charge >= 0.3 is 5.97 Å². The van der Waals surface area contributed by atoms with Gasteiger partial charge in [-0.05, 0) is 84.5 Å². The quantitative estimate of drug-likeness (QED) is 0.127. The van der Waals surface area contributed by atoms with Gasteiger partial charge in [0.05, 0.1) is 23.9 Å². The number of ether oxygens (including phenoxy) is 1. The highest BCUT2D eigenvalue weighted by atomic mass is 19.1. The van der Waals surface area contributed by atoms with E-state index in [0.717, 1.165) is 36.1 Å². The van der Waals surface area contributed by atoms with Gasteiger partial charge < -0.3 is 20.5 Å². The zero-order chi connectivity index (χ0) is 33.0. The van der Waals surface area contributed by atoms with Crippen LogP contribution in [0.2, 0.25) is 0 Å². The second-order valence-corrected chi connectivity index (χ2v) is 14.1. The van der Waals surface area contributed by atoms with Gasteiger partial charge in [0.1, 0.15) is 17.0 Å². The number of unbranched alkanes of at least 4 members (excludes halogenated alkanes) is 1. The Morgan fingerprint density at radius 1 is 1.15 bits per heavy atom. The van der Waals surface area contributed by atoms with Gasteiger partial charge in [-0.3, -0.25) is 10.1 Å². The van der Waals surface area contributed by atoms with Gasteiger partial charge in [-0.15, -0.1) is 0 Å². The van der Waals surface area contributed by atoms with Gasteiger partial charge in [0, 0.05) is 23.2 Å². The van der Waals surface area contributed by atoms with Crippen molar-refractivity contribution in [3.63, 3.8) is 0 Å². The van der Waals surface area contributed by atoms with E-state index in [0.29, 0.717) is 29.2 Å². The van der Waals surface area contributed by atoms with E-state index in [9.17, 15) is 14.7 Å². The number of carbonyl (C=O) groups excluding carboxylic acids is 1. The van der Waals surface area contributed by atoms with Crippen molar-refractivity contribution in [1.82, 2.24) is 5.32 Å². The molecule has 240 valence electrons. The molecule has 2 aliphatic heterocycles. The van der Waals surface area contributed by atoms with Crippen molar-refractivity contribution in [2.75, 3.05) is 17.2 Å². The molecule has 1 amide bonds. The summed E-state index contributed by atoms with van der Waals surface area (Å²) in [5.41, 5.74) is 2.43. The third kappa shape index (κ3) is 4.93. The Morgan fingerprint density at radius 3 is 2.63 bits per heavy atom. The Hall–Kier alpha value is -4.35. The number of hydrogen-bond acceptors (Lipinski definition) is 5. The number of halogens is 1. The third-order valence-electron chi connectivity index (χ3n) is 10.1. The summed E-state index contributed by atoms with van der Waals surface area (Å²) in [5, 5.41) is 19.7. The molecule has 3 aromatic carbocycles. The topological polar surface area (TPSA) is 99.7 Å². The summed E-state index contributed by atoms with van der Waals surface area (Å²) in [6.07, 6.45) is 2.50. The van der Waals surface area contributed by atoms with E-state index in [1.54, 1.807) is 25.1 Å². The Morgan fingerprint density at radius 2 is 1.93 bits per heavy atom. The normalized spacial score (nSPS) is 26.0. The number of aryl methyl sites for hydroxylation is 2. The number of carbonyl (C=O) groups is 2. The molecule has 5 atom stereocenters. The van der Waals surface area contributed by atoms with Crippen molar-refractivity contribution < 1.29 is 23.8 Å². The first-order chi connectivity index (χ1) is 21.8. The van der Waals surface area contributed by atoms with Crippen LogP contribution in [0, 0.1) is 43.0 Å². The molecule has 0 aromatic heterocycles. The lowest BCUT2D eigenvalue weighted by molar-refractivity contribution is -0.122. The Labute approximate surface area is 270 Å². The van der Waals surface area contributed by atoms with Crippen LogP contribution in [-0.2, 0) is 10.2 Å². The van der Waals surface area contributed by atoms with Crippen molar-refractivity contribution in [3.05, 3.63) is 88.2 Å². The maximum absolute atomic E-state index is 16.2. The van der Waals surface area contributed by atoms with Gasteiger partial charge in [0.25, 0.3) is 0 Å². The van der Waals surface area contributed by atoms with Crippen LogP contribution in [0.1, 0.15) is 85.5 Å². The second kappa shape index (κ2) is 11.5. The van der Waals surface area contributed by atoms with Crippen molar-refractivity contribution in [2.24, 2.45) is 11.3 Å². The monoisotopic (exact) mass is 623 g/mol. The highest BCUT2D eigenvalue weighted by Gasteiger charge is 2.81. The first kappa shape index (κ1) is 31.6. The maximum atomic E-state index is 16.2. The Balaban J connectivity index is 1.49. The number of fused-ring (bicyclic) bond motifs is 3. The summed E-state index contributed by atoms with van der Waals surface area (Å²) in [6, 6.07) is 18.6. The highest BCUT2D eigenvalue weighted by molar-refractivity contribution is 6.09. The smallest absolute Gasteiger partial charge is 0.335 e. The number of amides is 1. The molecule has 2 fully saturated rings. The standard InChI is InChI=1S/C38H42FN3O4/c1-7-8-18-46-30-20-24(34(43)44)13-15-27(30)40-17-16-28-32(25-11-9-10-23(3)33(25)39)38(37(42-28)21-31(37)36(4,5)6)26-14-12-22(2)19-29(26)41-35(38)45/h9-15,19-20,28,31-32,40,42H,7-8,18,21H2,1-6H3,(H,41,45)(H,43,44)/t28-,31?,32-,37?,38+/m0/s1. The lowest BCUT2D eigenvalue weighted by atomic mass is 9.61. The number of nitrogens with one attached hydrogen (secondary N) is 3. The van der Waals surface area contributed by atoms with Gasteiger partial charge in [-0.25, -0.2) is 9.18 Å². The number of carboxylic acids is 1. The average molecular weight is 624 g/mol.